The molecule has 0 aromatic heterocycles. The van der Waals surface area contributed by atoms with Gasteiger partial charge in [-0.2, -0.15) is 0 Å². The number of aryl methyl sites for hydroxylation is 1. The van der Waals surface area contributed by atoms with E-state index in [0.717, 1.165) is 56.1 Å². The minimum Gasteiger partial charge on any atom is -0.491 e. The summed E-state index contributed by atoms with van der Waals surface area (Å²) in [4.78, 5) is 5.02. The van der Waals surface area contributed by atoms with E-state index in [-0.39, 0.29) is 0 Å². The van der Waals surface area contributed by atoms with Crippen LogP contribution in [0.5, 0.6) is 5.75 Å². The highest BCUT2D eigenvalue weighted by atomic mass is 79.9. The maximum atomic E-state index is 5.91. The van der Waals surface area contributed by atoms with Gasteiger partial charge in [0.05, 0.1) is 4.47 Å². The normalized spacial score (nSPS) is 16.2. The van der Waals surface area contributed by atoms with Crippen LogP contribution in [0, 0.1) is 6.92 Å². The van der Waals surface area contributed by atoms with Crippen LogP contribution in [0.15, 0.2) is 53.0 Å². The Bertz CT molecular complexity index is 639. The van der Waals surface area contributed by atoms with E-state index in [2.05, 4.69) is 75.1 Å². The molecule has 0 spiro atoms. The predicted octanol–water partition coefficient (Wildman–Crippen LogP) is 3.95. The van der Waals surface area contributed by atoms with Crippen LogP contribution in [0.25, 0.3) is 0 Å². The van der Waals surface area contributed by atoms with Crippen molar-refractivity contribution in [3.8, 4) is 5.75 Å². The van der Waals surface area contributed by atoms with Crippen LogP contribution >= 0.6 is 15.9 Å². The summed E-state index contributed by atoms with van der Waals surface area (Å²) in [6.45, 7) is 9.35. The summed E-state index contributed by atoms with van der Waals surface area (Å²) >= 11 is 3.57. The molecule has 2 aromatic carbocycles. The second-order valence-electron chi connectivity index (χ2n) is 6.39. The fourth-order valence-electron chi connectivity index (χ4n) is 3.02. The second kappa shape index (κ2) is 8.65. The lowest BCUT2D eigenvalue weighted by Gasteiger charge is -2.34. The molecule has 1 saturated heterocycles. The van der Waals surface area contributed by atoms with Crippen molar-refractivity contribution in [2.75, 3.05) is 39.3 Å². The van der Waals surface area contributed by atoms with Gasteiger partial charge in [0.1, 0.15) is 12.4 Å². The Balaban J connectivity index is 1.38. The van der Waals surface area contributed by atoms with Gasteiger partial charge in [0, 0.05) is 39.3 Å². The van der Waals surface area contributed by atoms with Crippen LogP contribution in [0.4, 0.5) is 0 Å². The van der Waals surface area contributed by atoms with Gasteiger partial charge in [-0.15, -0.1) is 0 Å². The summed E-state index contributed by atoms with van der Waals surface area (Å²) in [5, 5.41) is 0. The van der Waals surface area contributed by atoms with Crippen molar-refractivity contribution >= 4 is 15.9 Å². The van der Waals surface area contributed by atoms with Crippen molar-refractivity contribution in [1.82, 2.24) is 9.80 Å². The number of rotatable bonds is 6. The Morgan fingerprint density at radius 2 is 1.67 bits per heavy atom. The van der Waals surface area contributed by atoms with E-state index in [4.69, 9.17) is 4.74 Å². The van der Waals surface area contributed by atoms with E-state index in [0.29, 0.717) is 0 Å². The van der Waals surface area contributed by atoms with E-state index >= 15 is 0 Å². The van der Waals surface area contributed by atoms with Gasteiger partial charge in [0.25, 0.3) is 0 Å². The van der Waals surface area contributed by atoms with Gasteiger partial charge in [-0.1, -0.05) is 36.4 Å². The van der Waals surface area contributed by atoms with Gasteiger partial charge in [-0.3, -0.25) is 9.80 Å². The summed E-state index contributed by atoms with van der Waals surface area (Å²) in [5.74, 6) is 0.934. The molecule has 3 nitrogen and oxygen atoms in total. The maximum Gasteiger partial charge on any atom is 0.133 e. The van der Waals surface area contributed by atoms with Crippen molar-refractivity contribution in [2.24, 2.45) is 0 Å². The maximum absolute atomic E-state index is 5.91. The molecule has 24 heavy (non-hydrogen) atoms. The number of ether oxygens (including phenoxy) is 1. The standard InChI is InChI=1S/C20H25BrN2O/c1-17-7-8-20(19(21)15-17)24-14-13-22-9-11-23(12-10-22)16-18-5-3-2-4-6-18/h2-8,15H,9-14,16H2,1H3. The van der Waals surface area contributed by atoms with Gasteiger partial charge in [-0.05, 0) is 46.1 Å². The van der Waals surface area contributed by atoms with Crippen LogP contribution in [-0.4, -0.2) is 49.1 Å². The Hall–Kier alpha value is -1.36. The molecule has 4 heteroatoms. The van der Waals surface area contributed by atoms with E-state index in [1.807, 2.05) is 6.07 Å². The molecule has 0 saturated carbocycles. The molecule has 0 amide bonds. The summed E-state index contributed by atoms with van der Waals surface area (Å²) in [5.41, 5.74) is 2.64. The van der Waals surface area contributed by atoms with Crippen LogP contribution in [-0.2, 0) is 6.54 Å². The zero-order valence-corrected chi connectivity index (χ0v) is 15.8. The number of halogens is 1. The smallest absolute Gasteiger partial charge is 0.133 e. The van der Waals surface area contributed by atoms with Crippen LogP contribution < -0.4 is 4.74 Å². The van der Waals surface area contributed by atoms with Crippen molar-refractivity contribution in [3.63, 3.8) is 0 Å². The summed E-state index contributed by atoms with van der Waals surface area (Å²) < 4.78 is 6.95. The van der Waals surface area contributed by atoms with Crippen molar-refractivity contribution in [1.29, 1.82) is 0 Å². The third-order valence-corrected chi connectivity index (χ3v) is 5.09. The topological polar surface area (TPSA) is 15.7 Å². The monoisotopic (exact) mass is 388 g/mol. The summed E-state index contributed by atoms with van der Waals surface area (Å²) in [6.07, 6.45) is 0. The summed E-state index contributed by atoms with van der Waals surface area (Å²) in [7, 11) is 0. The number of benzene rings is 2. The lowest BCUT2D eigenvalue weighted by atomic mass is 10.2. The second-order valence-corrected chi connectivity index (χ2v) is 7.24. The largest absolute Gasteiger partial charge is 0.491 e. The number of nitrogens with zero attached hydrogens (tertiary/aromatic N) is 2. The Morgan fingerprint density at radius 1 is 0.958 bits per heavy atom. The minimum absolute atomic E-state index is 0.736. The SMILES string of the molecule is Cc1ccc(OCCN2CCN(Cc3ccccc3)CC2)c(Br)c1. The lowest BCUT2D eigenvalue weighted by Crippen LogP contribution is -2.47. The van der Waals surface area contributed by atoms with Crippen molar-refractivity contribution < 1.29 is 4.74 Å². The third-order valence-electron chi connectivity index (χ3n) is 4.47. The fourth-order valence-corrected chi connectivity index (χ4v) is 3.63. The fraction of sp³-hybridized carbons (Fsp3) is 0.400. The first-order chi connectivity index (χ1) is 11.7. The van der Waals surface area contributed by atoms with Gasteiger partial charge < -0.3 is 4.74 Å². The van der Waals surface area contributed by atoms with Gasteiger partial charge in [0.2, 0.25) is 0 Å². The zero-order valence-electron chi connectivity index (χ0n) is 14.2. The molecule has 2 aromatic rings. The molecule has 0 N–H and O–H groups in total. The molecule has 0 unspecified atom stereocenters. The van der Waals surface area contributed by atoms with E-state index in [1.54, 1.807) is 0 Å². The Morgan fingerprint density at radius 3 is 2.38 bits per heavy atom. The molecule has 0 bridgehead atoms. The first kappa shape index (κ1) is 17.5. The van der Waals surface area contributed by atoms with Crippen molar-refractivity contribution in [2.45, 2.75) is 13.5 Å². The predicted molar refractivity (Wildman–Crippen MR) is 103 cm³/mol. The van der Waals surface area contributed by atoms with Crippen molar-refractivity contribution in [3.05, 3.63) is 64.1 Å². The van der Waals surface area contributed by atoms with E-state index in [9.17, 15) is 0 Å². The first-order valence-electron chi connectivity index (χ1n) is 8.58. The average Bonchev–Trinajstić information content (AvgIpc) is 2.59. The van der Waals surface area contributed by atoms with Crippen LogP contribution in [0.3, 0.4) is 0 Å². The Labute approximate surface area is 153 Å². The molecule has 0 atom stereocenters. The molecule has 1 aliphatic rings. The lowest BCUT2D eigenvalue weighted by molar-refractivity contribution is 0.112. The molecule has 1 heterocycles. The van der Waals surface area contributed by atoms with Gasteiger partial charge in [0.15, 0.2) is 0 Å². The number of hydrogen-bond donors (Lipinski definition) is 0. The zero-order chi connectivity index (χ0) is 16.8. The molecule has 1 aliphatic heterocycles. The van der Waals surface area contributed by atoms with Crippen LogP contribution in [0.2, 0.25) is 0 Å². The molecule has 128 valence electrons. The van der Waals surface area contributed by atoms with Crippen LogP contribution in [0.1, 0.15) is 11.1 Å². The molecule has 1 fully saturated rings. The Kier molecular flexibility index (Phi) is 6.30. The van der Waals surface area contributed by atoms with E-state index in [1.165, 1.54) is 11.1 Å². The highest BCUT2D eigenvalue weighted by molar-refractivity contribution is 9.10. The number of hydrogen-bond acceptors (Lipinski definition) is 3. The molecule has 0 radical (unpaired) electrons. The third kappa shape index (κ3) is 5.07. The molecule has 0 aliphatic carbocycles. The average molecular weight is 389 g/mol. The highest BCUT2D eigenvalue weighted by Gasteiger charge is 2.16. The number of piperazine rings is 1. The first-order valence-corrected chi connectivity index (χ1v) is 9.37. The quantitative estimate of drug-likeness (QED) is 0.744. The molecule has 3 rings (SSSR count). The highest BCUT2D eigenvalue weighted by Crippen LogP contribution is 2.25. The van der Waals surface area contributed by atoms with Gasteiger partial charge >= 0.3 is 0 Å². The van der Waals surface area contributed by atoms with Gasteiger partial charge in [-0.25, -0.2) is 0 Å². The minimum atomic E-state index is 0.736. The molecular formula is C20H25BrN2O. The summed E-state index contributed by atoms with van der Waals surface area (Å²) in [6, 6.07) is 16.9. The molecular weight excluding hydrogens is 364 g/mol. The van der Waals surface area contributed by atoms with E-state index < -0.39 is 0 Å².